The van der Waals surface area contributed by atoms with Crippen molar-refractivity contribution >= 4 is 17.5 Å². The van der Waals surface area contributed by atoms with E-state index in [4.69, 9.17) is 9.47 Å². The van der Waals surface area contributed by atoms with Crippen LogP contribution in [-0.4, -0.2) is 35.6 Å². The van der Waals surface area contributed by atoms with Crippen molar-refractivity contribution < 1.29 is 19.1 Å². The Labute approximate surface area is 169 Å². The zero-order valence-corrected chi connectivity index (χ0v) is 16.1. The summed E-state index contributed by atoms with van der Waals surface area (Å²) in [5, 5.41) is 5.80. The minimum atomic E-state index is -0.578. The third-order valence-electron chi connectivity index (χ3n) is 5.13. The van der Waals surface area contributed by atoms with Crippen molar-refractivity contribution in [3.05, 3.63) is 66.5 Å². The number of carbonyl (C=O) groups is 2. The summed E-state index contributed by atoms with van der Waals surface area (Å²) in [6.07, 6.45) is 6.33. The minimum Gasteiger partial charge on any atom is -0.494 e. The van der Waals surface area contributed by atoms with E-state index in [9.17, 15) is 9.59 Å². The number of hydrogen-bond donors (Lipinski definition) is 2. The molecule has 4 atom stereocenters. The van der Waals surface area contributed by atoms with Crippen LogP contribution in [0.2, 0.25) is 0 Å². The maximum absolute atomic E-state index is 13.0. The molecule has 4 unspecified atom stereocenters. The molecule has 2 amide bonds. The third-order valence-corrected chi connectivity index (χ3v) is 5.13. The van der Waals surface area contributed by atoms with Gasteiger partial charge in [-0.3, -0.25) is 14.6 Å². The molecule has 0 radical (unpaired) electrons. The average molecular weight is 393 g/mol. The fourth-order valence-corrected chi connectivity index (χ4v) is 3.77. The largest absolute Gasteiger partial charge is 0.494 e. The van der Waals surface area contributed by atoms with E-state index in [1.54, 1.807) is 36.7 Å². The molecule has 0 saturated carbocycles. The van der Waals surface area contributed by atoms with Gasteiger partial charge in [0.05, 0.1) is 30.7 Å². The van der Waals surface area contributed by atoms with Crippen LogP contribution in [0.1, 0.15) is 12.5 Å². The van der Waals surface area contributed by atoms with Crippen LogP contribution in [0.5, 0.6) is 5.75 Å². The SMILES string of the molecule is CCOc1ccc(NC(=O)C2C3C=CC(O3)C2C(=O)NCc2cccnc2)cc1. The molecule has 150 valence electrons. The third kappa shape index (κ3) is 4.14. The molecule has 2 bridgehead atoms. The van der Waals surface area contributed by atoms with E-state index in [1.807, 2.05) is 31.2 Å². The van der Waals surface area contributed by atoms with Crippen molar-refractivity contribution in [2.24, 2.45) is 11.8 Å². The fraction of sp³-hybridized carbons (Fsp3) is 0.318. The highest BCUT2D eigenvalue weighted by molar-refractivity contribution is 5.97. The van der Waals surface area contributed by atoms with Crippen LogP contribution >= 0.6 is 0 Å². The topological polar surface area (TPSA) is 89.5 Å². The molecule has 1 fully saturated rings. The molecule has 2 aliphatic rings. The summed E-state index contributed by atoms with van der Waals surface area (Å²) in [5.74, 6) is -0.829. The van der Waals surface area contributed by atoms with Gasteiger partial charge in [-0.25, -0.2) is 0 Å². The lowest BCUT2D eigenvalue weighted by molar-refractivity contribution is -0.131. The van der Waals surface area contributed by atoms with Crippen molar-refractivity contribution in [1.82, 2.24) is 10.3 Å². The number of benzene rings is 1. The first-order valence-corrected chi connectivity index (χ1v) is 9.70. The van der Waals surface area contributed by atoms with E-state index in [-0.39, 0.29) is 17.9 Å². The lowest BCUT2D eigenvalue weighted by Crippen LogP contribution is -2.44. The zero-order chi connectivity index (χ0) is 20.2. The van der Waals surface area contributed by atoms with Crippen LogP contribution in [-0.2, 0) is 20.9 Å². The van der Waals surface area contributed by atoms with E-state index < -0.39 is 17.9 Å². The van der Waals surface area contributed by atoms with Crippen molar-refractivity contribution in [1.29, 1.82) is 0 Å². The van der Waals surface area contributed by atoms with Crippen LogP contribution in [0.25, 0.3) is 0 Å². The van der Waals surface area contributed by atoms with Crippen LogP contribution in [0.3, 0.4) is 0 Å². The molecule has 3 heterocycles. The Morgan fingerprint density at radius 2 is 1.79 bits per heavy atom. The van der Waals surface area contributed by atoms with Gasteiger partial charge in [-0.1, -0.05) is 18.2 Å². The Kier molecular flexibility index (Phi) is 5.57. The van der Waals surface area contributed by atoms with Gasteiger partial charge in [0.1, 0.15) is 5.75 Å². The predicted molar refractivity (Wildman–Crippen MR) is 107 cm³/mol. The molecule has 29 heavy (non-hydrogen) atoms. The fourth-order valence-electron chi connectivity index (χ4n) is 3.77. The molecular weight excluding hydrogens is 370 g/mol. The van der Waals surface area contributed by atoms with Crippen molar-refractivity contribution in [2.45, 2.75) is 25.7 Å². The van der Waals surface area contributed by atoms with Gasteiger partial charge in [0.2, 0.25) is 11.8 Å². The molecule has 7 nitrogen and oxygen atoms in total. The van der Waals surface area contributed by atoms with Crippen molar-refractivity contribution in [3.63, 3.8) is 0 Å². The Hall–Kier alpha value is -3.19. The molecule has 0 spiro atoms. The molecular formula is C22H23N3O4. The molecule has 4 rings (SSSR count). The molecule has 2 N–H and O–H groups in total. The number of ether oxygens (including phenoxy) is 2. The predicted octanol–water partition coefficient (Wildman–Crippen LogP) is 2.30. The van der Waals surface area contributed by atoms with Gasteiger partial charge in [-0.2, -0.15) is 0 Å². The smallest absolute Gasteiger partial charge is 0.231 e. The van der Waals surface area contributed by atoms with E-state index in [0.717, 1.165) is 11.3 Å². The maximum atomic E-state index is 13.0. The van der Waals surface area contributed by atoms with Gasteiger partial charge in [0.15, 0.2) is 0 Å². The van der Waals surface area contributed by atoms with Gasteiger partial charge < -0.3 is 20.1 Å². The number of fused-ring (bicyclic) bond motifs is 2. The van der Waals surface area contributed by atoms with Crippen molar-refractivity contribution in [3.8, 4) is 5.75 Å². The molecule has 0 aliphatic carbocycles. The van der Waals surface area contributed by atoms with Gasteiger partial charge in [0, 0.05) is 24.6 Å². The van der Waals surface area contributed by atoms with Gasteiger partial charge in [0.25, 0.3) is 0 Å². The second-order valence-electron chi connectivity index (χ2n) is 7.03. The minimum absolute atomic E-state index is 0.197. The Morgan fingerprint density at radius 3 is 2.45 bits per heavy atom. The summed E-state index contributed by atoms with van der Waals surface area (Å²) >= 11 is 0. The molecule has 7 heteroatoms. The van der Waals surface area contributed by atoms with E-state index in [0.29, 0.717) is 18.8 Å². The van der Waals surface area contributed by atoms with Crippen LogP contribution in [0.15, 0.2) is 60.9 Å². The standard InChI is InChI=1S/C22H23N3O4/c1-2-28-16-7-5-15(6-8-16)25-22(27)20-18-10-9-17(29-18)19(20)21(26)24-13-14-4-3-11-23-12-14/h3-12,17-20H,2,13H2,1H3,(H,24,26)(H,25,27). The summed E-state index contributed by atoms with van der Waals surface area (Å²) in [4.78, 5) is 29.9. The highest BCUT2D eigenvalue weighted by Gasteiger charge is 2.52. The molecule has 1 aromatic heterocycles. The molecule has 1 aromatic carbocycles. The number of amides is 2. The number of nitrogens with one attached hydrogen (secondary N) is 2. The molecule has 2 aromatic rings. The maximum Gasteiger partial charge on any atom is 0.231 e. The number of carbonyl (C=O) groups excluding carboxylic acids is 2. The first kappa shape index (κ1) is 19.1. The summed E-state index contributed by atoms with van der Waals surface area (Å²) in [7, 11) is 0. The Morgan fingerprint density at radius 1 is 1.07 bits per heavy atom. The quantitative estimate of drug-likeness (QED) is 0.705. The Bertz CT molecular complexity index is 898. The number of anilines is 1. The summed E-state index contributed by atoms with van der Waals surface area (Å²) < 4.78 is 11.2. The average Bonchev–Trinajstić information content (AvgIpc) is 3.36. The highest BCUT2D eigenvalue weighted by atomic mass is 16.5. The van der Waals surface area contributed by atoms with Gasteiger partial charge in [-0.15, -0.1) is 0 Å². The zero-order valence-electron chi connectivity index (χ0n) is 16.1. The summed E-state index contributed by atoms with van der Waals surface area (Å²) in [5.41, 5.74) is 1.55. The number of aromatic nitrogens is 1. The second-order valence-corrected chi connectivity index (χ2v) is 7.03. The molecule has 2 aliphatic heterocycles. The van der Waals surface area contributed by atoms with Crippen LogP contribution in [0, 0.1) is 11.8 Å². The highest BCUT2D eigenvalue weighted by Crippen LogP contribution is 2.40. The van der Waals surface area contributed by atoms with E-state index >= 15 is 0 Å². The normalized spacial score (nSPS) is 24.3. The number of hydrogen-bond acceptors (Lipinski definition) is 5. The summed E-state index contributed by atoms with van der Waals surface area (Å²) in [6, 6.07) is 10.9. The van der Waals surface area contributed by atoms with Gasteiger partial charge >= 0.3 is 0 Å². The summed E-state index contributed by atoms with van der Waals surface area (Å²) in [6.45, 7) is 2.85. The van der Waals surface area contributed by atoms with Gasteiger partial charge in [-0.05, 0) is 42.8 Å². The number of pyridine rings is 1. The lowest BCUT2D eigenvalue weighted by atomic mass is 9.81. The van der Waals surface area contributed by atoms with E-state index in [2.05, 4.69) is 15.6 Å². The van der Waals surface area contributed by atoms with E-state index in [1.165, 1.54) is 0 Å². The Balaban J connectivity index is 1.42. The lowest BCUT2D eigenvalue weighted by Gasteiger charge is -2.23. The van der Waals surface area contributed by atoms with Crippen LogP contribution in [0.4, 0.5) is 5.69 Å². The monoisotopic (exact) mass is 393 g/mol. The first-order valence-electron chi connectivity index (χ1n) is 9.70. The van der Waals surface area contributed by atoms with Crippen molar-refractivity contribution in [2.75, 3.05) is 11.9 Å². The first-order chi connectivity index (χ1) is 14.2. The van der Waals surface area contributed by atoms with Crippen LogP contribution < -0.4 is 15.4 Å². The second kappa shape index (κ2) is 8.45. The molecule has 1 saturated heterocycles. The number of rotatable bonds is 7. The number of nitrogens with zero attached hydrogens (tertiary/aromatic N) is 1.